The van der Waals surface area contributed by atoms with Crippen LogP contribution >= 0.6 is 11.3 Å². The summed E-state index contributed by atoms with van der Waals surface area (Å²) < 4.78 is 0. The summed E-state index contributed by atoms with van der Waals surface area (Å²) in [5, 5.41) is 12.6. The van der Waals surface area contributed by atoms with Gasteiger partial charge in [-0.2, -0.15) is 0 Å². The largest absolute Gasteiger partial charge is 0.343 e. The molecule has 1 fully saturated rings. The number of anilines is 1. The van der Waals surface area contributed by atoms with Crippen molar-refractivity contribution >= 4 is 28.3 Å². The van der Waals surface area contributed by atoms with Gasteiger partial charge in [0.25, 0.3) is 0 Å². The maximum Gasteiger partial charge on any atom is 0.236 e. The molecule has 1 N–H and O–H groups in total. The molecule has 0 saturated carbocycles. The molecule has 2 aromatic carbocycles. The minimum absolute atomic E-state index is 0.0451. The molecule has 2 amide bonds. The number of likely N-dealkylation sites (tertiary alicyclic amines) is 1. The van der Waals surface area contributed by atoms with Gasteiger partial charge in [0, 0.05) is 25.6 Å². The predicted molar refractivity (Wildman–Crippen MR) is 114 cm³/mol. The lowest BCUT2D eigenvalue weighted by Gasteiger charge is -2.40. The molecular formula is C22H22N4O2S. The highest BCUT2D eigenvalue weighted by Crippen LogP contribution is 2.37. The van der Waals surface area contributed by atoms with Gasteiger partial charge in [-0.1, -0.05) is 72.0 Å². The second kappa shape index (κ2) is 8.13. The van der Waals surface area contributed by atoms with Crippen LogP contribution in [0, 0.1) is 0 Å². The van der Waals surface area contributed by atoms with E-state index in [9.17, 15) is 9.59 Å². The fraction of sp³-hybridized carbons (Fsp3) is 0.273. The van der Waals surface area contributed by atoms with Crippen LogP contribution in [-0.4, -0.2) is 40.0 Å². The third-order valence-electron chi connectivity index (χ3n) is 5.49. The van der Waals surface area contributed by atoms with Crippen LogP contribution in [-0.2, 0) is 15.0 Å². The number of amides is 2. The number of piperidine rings is 1. The molecule has 7 heteroatoms. The van der Waals surface area contributed by atoms with Gasteiger partial charge in [-0.25, -0.2) is 0 Å². The Morgan fingerprint density at radius 2 is 1.59 bits per heavy atom. The van der Waals surface area contributed by atoms with Crippen molar-refractivity contribution in [2.45, 2.75) is 25.2 Å². The minimum Gasteiger partial charge on any atom is -0.343 e. The van der Waals surface area contributed by atoms with Crippen LogP contribution in [0.25, 0.3) is 10.6 Å². The SMILES string of the molecule is CC(=O)N1CCC(C(=O)Nc2nnc(-c3ccccc3)s2)(c2ccccc2)CC1. The first-order chi connectivity index (χ1) is 14.1. The second-order valence-corrected chi connectivity index (χ2v) is 8.16. The fourth-order valence-electron chi connectivity index (χ4n) is 3.80. The quantitative estimate of drug-likeness (QED) is 0.716. The number of nitrogens with one attached hydrogen (secondary N) is 1. The van der Waals surface area contributed by atoms with Gasteiger partial charge in [-0.05, 0) is 18.4 Å². The summed E-state index contributed by atoms with van der Waals surface area (Å²) in [5.41, 5.74) is 1.25. The van der Waals surface area contributed by atoms with Crippen molar-refractivity contribution in [1.29, 1.82) is 0 Å². The van der Waals surface area contributed by atoms with E-state index in [1.165, 1.54) is 11.3 Å². The molecule has 6 nitrogen and oxygen atoms in total. The number of nitrogens with zero attached hydrogens (tertiary/aromatic N) is 3. The second-order valence-electron chi connectivity index (χ2n) is 7.19. The third kappa shape index (κ3) is 3.91. The van der Waals surface area contributed by atoms with Crippen molar-refractivity contribution in [3.05, 3.63) is 66.2 Å². The van der Waals surface area contributed by atoms with Crippen molar-refractivity contribution in [2.24, 2.45) is 0 Å². The van der Waals surface area contributed by atoms with Crippen LogP contribution in [0.5, 0.6) is 0 Å². The zero-order chi connectivity index (χ0) is 20.3. The summed E-state index contributed by atoms with van der Waals surface area (Å²) in [7, 11) is 0. The molecule has 1 aromatic heterocycles. The first kappa shape index (κ1) is 19.3. The van der Waals surface area contributed by atoms with Crippen molar-refractivity contribution < 1.29 is 9.59 Å². The summed E-state index contributed by atoms with van der Waals surface area (Å²) in [6, 6.07) is 19.6. The molecule has 4 rings (SSSR count). The normalized spacial score (nSPS) is 15.7. The Kier molecular flexibility index (Phi) is 5.40. The van der Waals surface area contributed by atoms with E-state index < -0.39 is 5.41 Å². The Hall–Kier alpha value is -3.06. The minimum atomic E-state index is -0.689. The van der Waals surface area contributed by atoms with Gasteiger partial charge in [0.05, 0.1) is 5.41 Å². The van der Waals surface area contributed by atoms with Crippen LogP contribution in [0.1, 0.15) is 25.3 Å². The van der Waals surface area contributed by atoms with Crippen LogP contribution in [0.4, 0.5) is 5.13 Å². The molecule has 148 valence electrons. The summed E-state index contributed by atoms with van der Waals surface area (Å²) in [6.07, 6.45) is 1.15. The van der Waals surface area contributed by atoms with Gasteiger partial charge < -0.3 is 4.90 Å². The lowest BCUT2D eigenvalue weighted by molar-refractivity contribution is -0.133. The smallest absolute Gasteiger partial charge is 0.236 e. The molecule has 2 heterocycles. The van der Waals surface area contributed by atoms with E-state index in [4.69, 9.17) is 0 Å². The monoisotopic (exact) mass is 406 g/mol. The van der Waals surface area contributed by atoms with E-state index in [-0.39, 0.29) is 11.8 Å². The summed E-state index contributed by atoms with van der Waals surface area (Å²) in [6.45, 7) is 2.69. The van der Waals surface area contributed by atoms with Gasteiger partial charge in [-0.15, -0.1) is 10.2 Å². The van der Waals surface area contributed by atoms with E-state index in [0.717, 1.165) is 16.1 Å². The van der Waals surface area contributed by atoms with E-state index in [0.29, 0.717) is 31.1 Å². The molecule has 0 spiro atoms. The standard InChI is InChI=1S/C22H22N4O2S/c1-16(27)26-14-12-22(13-15-26,18-10-6-3-7-11-18)20(28)23-21-25-24-19(29-21)17-8-4-2-5-9-17/h2-11H,12-15H2,1H3,(H,23,25,28). The lowest BCUT2D eigenvalue weighted by Crippen LogP contribution is -2.50. The van der Waals surface area contributed by atoms with Crippen LogP contribution in [0.2, 0.25) is 0 Å². The van der Waals surface area contributed by atoms with Gasteiger partial charge in [0.1, 0.15) is 5.01 Å². The van der Waals surface area contributed by atoms with Gasteiger partial charge >= 0.3 is 0 Å². The molecule has 1 saturated heterocycles. The number of carbonyl (C=O) groups excluding carboxylic acids is 2. The number of benzene rings is 2. The Bertz CT molecular complexity index is 996. The first-order valence-electron chi connectivity index (χ1n) is 9.60. The van der Waals surface area contributed by atoms with E-state index in [2.05, 4.69) is 15.5 Å². The Morgan fingerprint density at radius 3 is 2.21 bits per heavy atom. The van der Waals surface area contributed by atoms with Gasteiger partial charge in [0.15, 0.2) is 0 Å². The summed E-state index contributed by atoms with van der Waals surface area (Å²) in [4.78, 5) is 27.0. The molecule has 0 unspecified atom stereocenters. The maximum absolute atomic E-state index is 13.4. The molecular weight excluding hydrogens is 384 g/mol. The maximum atomic E-state index is 13.4. The highest BCUT2D eigenvalue weighted by atomic mass is 32.1. The average molecular weight is 407 g/mol. The van der Waals surface area contributed by atoms with E-state index >= 15 is 0 Å². The van der Waals surface area contributed by atoms with Crippen LogP contribution in [0.3, 0.4) is 0 Å². The van der Waals surface area contributed by atoms with E-state index in [1.54, 1.807) is 11.8 Å². The Morgan fingerprint density at radius 1 is 0.966 bits per heavy atom. The first-order valence-corrected chi connectivity index (χ1v) is 10.4. The third-order valence-corrected chi connectivity index (χ3v) is 6.38. The van der Waals surface area contributed by atoms with Crippen molar-refractivity contribution in [3.8, 4) is 10.6 Å². The highest BCUT2D eigenvalue weighted by Gasteiger charge is 2.43. The molecule has 0 radical (unpaired) electrons. The molecule has 0 atom stereocenters. The topological polar surface area (TPSA) is 75.2 Å². The number of carbonyl (C=O) groups is 2. The molecule has 0 bridgehead atoms. The number of rotatable bonds is 4. The lowest BCUT2D eigenvalue weighted by atomic mass is 9.72. The Balaban J connectivity index is 1.58. The van der Waals surface area contributed by atoms with Gasteiger partial charge in [-0.3, -0.25) is 14.9 Å². The number of aromatic nitrogens is 2. The summed E-state index contributed by atoms with van der Waals surface area (Å²) >= 11 is 1.36. The average Bonchev–Trinajstić information content (AvgIpc) is 3.23. The summed E-state index contributed by atoms with van der Waals surface area (Å²) in [5.74, 6) is -0.0497. The molecule has 29 heavy (non-hydrogen) atoms. The van der Waals surface area contributed by atoms with Crippen LogP contribution < -0.4 is 5.32 Å². The highest BCUT2D eigenvalue weighted by molar-refractivity contribution is 7.18. The predicted octanol–water partition coefficient (Wildman–Crippen LogP) is 3.72. The Labute approximate surface area is 173 Å². The van der Waals surface area contributed by atoms with Crippen molar-refractivity contribution in [3.63, 3.8) is 0 Å². The van der Waals surface area contributed by atoms with Gasteiger partial charge in [0.2, 0.25) is 16.9 Å². The molecule has 3 aromatic rings. The zero-order valence-electron chi connectivity index (χ0n) is 16.2. The number of hydrogen-bond donors (Lipinski definition) is 1. The van der Waals surface area contributed by atoms with Crippen molar-refractivity contribution in [1.82, 2.24) is 15.1 Å². The molecule has 1 aliphatic heterocycles. The van der Waals surface area contributed by atoms with E-state index in [1.807, 2.05) is 60.7 Å². The molecule has 0 aliphatic carbocycles. The molecule has 1 aliphatic rings. The number of hydrogen-bond acceptors (Lipinski definition) is 5. The fourth-order valence-corrected chi connectivity index (χ4v) is 4.54. The zero-order valence-corrected chi connectivity index (χ0v) is 17.0. The van der Waals surface area contributed by atoms with Crippen molar-refractivity contribution in [2.75, 3.05) is 18.4 Å². The van der Waals surface area contributed by atoms with Crippen LogP contribution in [0.15, 0.2) is 60.7 Å².